The number of carbonyl (C=O) groups excluding carboxylic acids is 1. The molecule has 0 fully saturated rings. The number of nitrogen functional groups attached to an aromatic ring is 1. The van der Waals surface area contributed by atoms with Crippen molar-refractivity contribution in [3.63, 3.8) is 0 Å². The predicted octanol–water partition coefficient (Wildman–Crippen LogP) is -2.41. The largest absolute Gasteiger partial charge is 0.410 e. The standard InChI is InChI=1S/C8H14N4O4/c9-7-6(8(10)15)11-4-12(7)16-3-5(1-13)2-14/h4-5,13-14H,1-3,9H2,(H2,10,15). The van der Waals surface area contributed by atoms with Gasteiger partial charge in [-0.15, -0.1) is 0 Å². The minimum atomic E-state index is -0.749. The number of nitrogens with two attached hydrogens (primary N) is 2. The first-order chi connectivity index (χ1) is 7.60. The number of amides is 1. The average molecular weight is 230 g/mol. The van der Waals surface area contributed by atoms with Crippen molar-refractivity contribution in [2.24, 2.45) is 11.7 Å². The maximum atomic E-state index is 10.8. The number of aliphatic hydroxyl groups excluding tert-OH is 2. The van der Waals surface area contributed by atoms with Gasteiger partial charge in [0.15, 0.2) is 11.5 Å². The van der Waals surface area contributed by atoms with Crippen LogP contribution in [0.15, 0.2) is 6.33 Å². The van der Waals surface area contributed by atoms with Crippen molar-refractivity contribution >= 4 is 11.7 Å². The molecule has 1 aromatic heterocycles. The van der Waals surface area contributed by atoms with Crippen LogP contribution < -0.4 is 16.3 Å². The van der Waals surface area contributed by atoms with Gasteiger partial charge in [-0.2, -0.15) is 4.73 Å². The Hall–Kier alpha value is -1.80. The zero-order valence-electron chi connectivity index (χ0n) is 8.54. The Bertz CT molecular complexity index is 361. The van der Waals surface area contributed by atoms with E-state index in [-0.39, 0.29) is 31.3 Å². The molecule has 8 heteroatoms. The molecule has 0 spiro atoms. The van der Waals surface area contributed by atoms with Crippen LogP contribution in [0.3, 0.4) is 0 Å². The van der Waals surface area contributed by atoms with Gasteiger partial charge in [0.2, 0.25) is 0 Å². The van der Waals surface area contributed by atoms with Crippen LogP contribution in [0.1, 0.15) is 10.5 Å². The first kappa shape index (κ1) is 12.3. The van der Waals surface area contributed by atoms with E-state index in [9.17, 15) is 4.79 Å². The lowest BCUT2D eigenvalue weighted by atomic mass is 10.2. The Kier molecular flexibility index (Phi) is 4.09. The number of aromatic nitrogens is 2. The van der Waals surface area contributed by atoms with Crippen molar-refractivity contribution in [2.75, 3.05) is 25.6 Å². The lowest BCUT2D eigenvalue weighted by Gasteiger charge is -2.13. The van der Waals surface area contributed by atoms with Crippen LogP contribution in [0, 0.1) is 5.92 Å². The second-order valence-electron chi connectivity index (χ2n) is 3.20. The summed E-state index contributed by atoms with van der Waals surface area (Å²) in [6, 6.07) is 0. The first-order valence-corrected chi connectivity index (χ1v) is 4.57. The third-order valence-electron chi connectivity index (χ3n) is 1.97. The molecule has 1 heterocycles. The minimum absolute atomic E-state index is 0.0119. The number of anilines is 1. The van der Waals surface area contributed by atoms with E-state index in [0.717, 1.165) is 4.73 Å². The fourth-order valence-electron chi connectivity index (χ4n) is 0.984. The van der Waals surface area contributed by atoms with E-state index in [1.54, 1.807) is 0 Å². The number of aliphatic hydroxyl groups is 2. The van der Waals surface area contributed by atoms with Gasteiger partial charge < -0.3 is 26.5 Å². The quantitative estimate of drug-likeness (QED) is 0.429. The molecular weight excluding hydrogens is 216 g/mol. The second-order valence-corrected chi connectivity index (χ2v) is 3.20. The monoisotopic (exact) mass is 230 g/mol. The van der Waals surface area contributed by atoms with Crippen LogP contribution in [0.2, 0.25) is 0 Å². The van der Waals surface area contributed by atoms with E-state index in [4.69, 9.17) is 26.5 Å². The molecule has 8 nitrogen and oxygen atoms in total. The Labute approximate surface area is 91.4 Å². The lowest BCUT2D eigenvalue weighted by molar-refractivity contribution is 0.0370. The maximum absolute atomic E-state index is 10.8. The van der Waals surface area contributed by atoms with Gasteiger partial charge in [-0.25, -0.2) is 4.98 Å². The molecule has 0 atom stereocenters. The van der Waals surface area contributed by atoms with Crippen LogP contribution in [0.25, 0.3) is 0 Å². The van der Waals surface area contributed by atoms with Crippen LogP contribution in [-0.4, -0.2) is 45.7 Å². The third-order valence-corrected chi connectivity index (χ3v) is 1.97. The molecule has 0 aliphatic carbocycles. The number of rotatable bonds is 6. The lowest BCUT2D eigenvalue weighted by Crippen LogP contribution is -2.25. The third kappa shape index (κ3) is 2.61. The number of carbonyl (C=O) groups is 1. The molecule has 0 bridgehead atoms. The van der Waals surface area contributed by atoms with Crippen molar-refractivity contribution in [3.05, 3.63) is 12.0 Å². The van der Waals surface area contributed by atoms with E-state index >= 15 is 0 Å². The van der Waals surface area contributed by atoms with Gasteiger partial charge in [0.1, 0.15) is 12.9 Å². The molecule has 0 radical (unpaired) electrons. The van der Waals surface area contributed by atoms with Crippen LogP contribution in [0.4, 0.5) is 5.82 Å². The van der Waals surface area contributed by atoms with Crippen molar-refractivity contribution in [1.82, 2.24) is 9.71 Å². The summed E-state index contributed by atoms with van der Waals surface area (Å²) < 4.78 is 1.07. The molecule has 6 N–H and O–H groups in total. The van der Waals surface area contributed by atoms with Gasteiger partial charge in [0, 0.05) is 5.92 Å². The van der Waals surface area contributed by atoms with Gasteiger partial charge in [-0.3, -0.25) is 4.79 Å². The summed E-state index contributed by atoms with van der Waals surface area (Å²) in [6.45, 7) is -0.382. The first-order valence-electron chi connectivity index (χ1n) is 4.57. The summed E-state index contributed by atoms with van der Waals surface area (Å²) in [5.74, 6) is -1.18. The molecule has 1 amide bonds. The molecule has 16 heavy (non-hydrogen) atoms. The second kappa shape index (κ2) is 5.33. The van der Waals surface area contributed by atoms with Crippen molar-refractivity contribution in [2.45, 2.75) is 0 Å². The Morgan fingerprint density at radius 1 is 1.56 bits per heavy atom. The fourth-order valence-corrected chi connectivity index (χ4v) is 0.984. The molecule has 0 aliphatic rings. The molecule has 0 saturated heterocycles. The molecule has 1 rings (SSSR count). The highest BCUT2D eigenvalue weighted by molar-refractivity contribution is 5.95. The van der Waals surface area contributed by atoms with E-state index in [2.05, 4.69) is 4.98 Å². The van der Waals surface area contributed by atoms with Crippen LogP contribution in [-0.2, 0) is 0 Å². The minimum Gasteiger partial charge on any atom is -0.410 e. The summed E-state index contributed by atoms with van der Waals surface area (Å²) in [4.78, 5) is 19.6. The highest BCUT2D eigenvalue weighted by Crippen LogP contribution is 2.07. The van der Waals surface area contributed by atoms with Crippen molar-refractivity contribution in [1.29, 1.82) is 0 Å². The summed E-state index contributed by atoms with van der Waals surface area (Å²) in [6.07, 6.45) is 1.20. The van der Waals surface area contributed by atoms with Gasteiger partial charge >= 0.3 is 0 Å². The van der Waals surface area contributed by atoms with Crippen molar-refractivity contribution in [3.8, 4) is 0 Å². The summed E-state index contributed by atoms with van der Waals surface area (Å²) >= 11 is 0. The number of nitrogens with zero attached hydrogens (tertiary/aromatic N) is 2. The molecule has 0 saturated carbocycles. The smallest absolute Gasteiger partial charge is 0.271 e. The molecule has 0 unspecified atom stereocenters. The molecule has 0 aliphatic heterocycles. The van der Waals surface area contributed by atoms with Gasteiger partial charge in [0.25, 0.3) is 5.91 Å². The number of imidazole rings is 1. The molecular formula is C8H14N4O4. The fraction of sp³-hybridized carbons (Fsp3) is 0.500. The molecule has 90 valence electrons. The SMILES string of the molecule is NC(=O)c1ncn(OCC(CO)CO)c1N. The summed E-state index contributed by atoms with van der Waals surface area (Å²) in [7, 11) is 0. The predicted molar refractivity (Wildman–Crippen MR) is 54.3 cm³/mol. The normalized spacial score (nSPS) is 10.7. The van der Waals surface area contributed by atoms with E-state index in [1.807, 2.05) is 0 Å². The van der Waals surface area contributed by atoms with Gasteiger partial charge in [-0.1, -0.05) is 0 Å². The van der Waals surface area contributed by atoms with Gasteiger partial charge in [-0.05, 0) is 0 Å². The van der Waals surface area contributed by atoms with E-state index in [0.29, 0.717) is 0 Å². The number of primary amides is 1. The van der Waals surface area contributed by atoms with Crippen molar-refractivity contribution < 1.29 is 19.8 Å². The van der Waals surface area contributed by atoms with E-state index < -0.39 is 11.8 Å². The zero-order chi connectivity index (χ0) is 12.1. The van der Waals surface area contributed by atoms with Crippen LogP contribution >= 0.6 is 0 Å². The highest BCUT2D eigenvalue weighted by Gasteiger charge is 2.14. The average Bonchev–Trinajstić information content (AvgIpc) is 2.62. The Morgan fingerprint density at radius 2 is 2.19 bits per heavy atom. The Morgan fingerprint density at radius 3 is 2.62 bits per heavy atom. The highest BCUT2D eigenvalue weighted by atomic mass is 16.7. The zero-order valence-corrected chi connectivity index (χ0v) is 8.54. The van der Waals surface area contributed by atoms with E-state index in [1.165, 1.54) is 6.33 Å². The van der Waals surface area contributed by atoms with Gasteiger partial charge in [0.05, 0.1) is 13.2 Å². The topological polar surface area (TPSA) is 137 Å². The number of hydrogen-bond donors (Lipinski definition) is 4. The molecule has 1 aromatic rings. The maximum Gasteiger partial charge on any atom is 0.271 e. The number of hydrogen-bond acceptors (Lipinski definition) is 6. The Balaban J connectivity index is 2.64. The summed E-state index contributed by atoms with van der Waals surface area (Å²) in [5.41, 5.74) is 10.4. The summed E-state index contributed by atoms with van der Waals surface area (Å²) in [5, 5.41) is 17.6. The molecule has 0 aromatic carbocycles. The van der Waals surface area contributed by atoms with Crippen LogP contribution in [0.5, 0.6) is 0 Å².